The number of anilines is 2. The Balaban J connectivity index is 2.19. The van der Waals surface area contributed by atoms with E-state index in [9.17, 15) is 24.3 Å². The van der Waals surface area contributed by atoms with Crippen LogP contribution in [0.15, 0.2) is 33.9 Å². The van der Waals surface area contributed by atoms with Gasteiger partial charge in [0, 0.05) is 19.2 Å². The molecule has 1 heterocycles. The number of phenolic OH excluding ortho intramolecular Hbond substituents is 1. The molecule has 0 saturated heterocycles. The van der Waals surface area contributed by atoms with Gasteiger partial charge in [-0.3, -0.25) is 19.1 Å². The van der Waals surface area contributed by atoms with Crippen molar-refractivity contribution in [2.45, 2.75) is 39.7 Å². The number of rotatable bonds is 11. The zero-order valence-electron chi connectivity index (χ0n) is 19.5. The number of phenols is 1. The molecule has 1 aromatic heterocycles. The zero-order chi connectivity index (χ0) is 25.3. The Morgan fingerprint density at radius 2 is 1.97 bits per heavy atom. The zero-order valence-corrected chi connectivity index (χ0v) is 19.5. The molecule has 4 N–H and O–H groups in total. The molecule has 1 aromatic carbocycles. The summed E-state index contributed by atoms with van der Waals surface area (Å²) in [6, 6.07) is 4.51. The van der Waals surface area contributed by atoms with Crippen molar-refractivity contribution in [2.24, 2.45) is 0 Å². The number of unbranched alkanes of at least 4 members (excludes halogenated alkanes) is 1. The Kier molecular flexibility index (Phi) is 9.48. The van der Waals surface area contributed by atoms with E-state index in [1.54, 1.807) is 6.07 Å². The van der Waals surface area contributed by atoms with Gasteiger partial charge >= 0.3 is 11.7 Å². The lowest BCUT2D eigenvalue weighted by molar-refractivity contribution is -0.142. The number of hydrogen-bond donors (Lipinski definition) is 3. The van der Waals surface area contributed by atoms with Crippen LogP contribution >= 0.6 is 0 Å². The van der Waals surface area contributed by atoms with Gasteiger partial charge in [-0.25, -0.2) is 9.59 Å². The molecule has 0 fully saturated rings. The molecular weight excluding hydrogens is 444 g/mol. The molecule has 2 aromatic rings. The van der Waals surface area contributed by atoms with Gasteiger partial charge < -0.3 is 25.2 Å². The maximum absolute atomic E-state index is 12.9. The summed E-state index contributed by atoms with van der Waals surface area (Å²) in [7, 11) is 1.40. The Morgan fingerprint density at radius 1 is 1.24 bits per heavy atom. The molecule has 0 aliphatic heterocycles. The number of hydrogen-bond acceptors (Lipinski definition) is 8. The molecule has 11 nitrogen and oxygen atoms in total. The normalized spacial score (nSPS) is 10.9. The van der Waals surface area contributed by atoms with Crippen molar-refractivity contribution >= 4 is 29.5 Å². The molecule has 34 heavy (non-hydrogen) atoms. The number of nitrogens with one attached hydrogen (secondary N) is 1. The summed E-state index contributed by atoms with van der Waals surface area (Å²) in [4.78, 5) is 53.0. The minimum atomic E-state index is -0.785. The van der Waals surface area contributed by atoms with Crippen molar-refractivity contribution in [3.63, 3.8) is 0 Å². The molecule has 0 aliphatic rings. The summed E-state index contributed by atoms with van der Waals surface area (Å²) in [5.41, 5.74) is 5.07. The van der Waals surface area contributed by atoms with Crippen LogP contribution in [0.3, 0.4) is 0 Å². The third kappa shape index (κ3) is 6.50. The maximum atomic E-state index is 12.9. The largest absolute Gasteiger partial charge is 0.504 e. The fourth-order valence-electron chi connectivity index (χ4n) is 3.18. The molecule has 11 heteroatoms. The number of H-pyrrole nitrogens is 1. The molecule has 184 valence electrons. The van der Waals surface area contributed by atoms with E-state index in [-0.39, 0.29) is 36.1 Å². The lowest BCUT2D eigenvalue weighted by Gasteiger charge is -2.24. The minimum absolute atomic E-state index is 0.0421. The average Bonchev–Trinajstić information content (AvgIpc) is 2.81. The van der Waals surface area contributed by atoms with E-state index in [1.807, 2.05) is 13.8 Å². The van der Waals surface area contributed by atoms with Crippen molar-refractivity contribution in [1.29, 1.82) is 0 Å². The number of aromatic hydroxyl groups is 1. The van der Waals surface area contributed by atoms with Crippen LogP contribution in [-0.4, -0.2) is 46.8 Å². The molecule has 1 amide bonds. The Hall–Kier alpha value is -4.02. The smallest absolute Gasteiger partial charge is 0.331 e. The average molecular weight is 475 g/mol. The monoisotopic (exact) mass is 474 g/mol. The fraction of sp³-hybridized carbons (Fsp3) is 0.391. The number of nitrogen functional groups attached to an aromatic ring is 1. The maximum Gasteiger partial charge on any atom is 0.331 e. The lowest BCUT2D eigenvalue weighted by atomic mass is 10.2. The number of carbonyl (C=O) groups is 2. The number of aromatic nitrogens is 2. The lowest BCUT2D eigenvalue weighted by Crippen LogP contribution is -2.43. The highest BCUT2D eigenvalue weighted by Gasteiger charge is 2.24. The standard InChI is InChI=1S/C23H30N4O7/c1-4-6-12-26(20-21(24)27(11-5-2)23(32)25-22(20)31)18(29)14-34-19(30)10-8-15-7-9-16(28)17(13-15)33-3/h7-10,13,28H,4-6,11-12,14,24H2,1-3H3,(H,25,31,32)/b10-8+. The van der Waals surface area contributed by atoms with E-state index in [1.165, 1.54) is 29.9 Å². The molecular formula is C23H30N4O7. The van der Waals surface area contributed by atoms with Crippen molar-refractivity contribution < 1.29 is 24.2 Å². The molecule has 0 atom stereocenters. The molecule has 0 radical (unpaired) electrons. The first-order chi connectivity index (χ1) is 16.2. The first kappa shape index (κ1) is 26.2. The van der Waals surface area contributed by atoms with Crippen LogP contribution in [0, 0.1) is 0 Å². The number of amides is 1. The van der Waals surface area contributed by atoms with Crippen molar-refractivity contribution in [3.05, 3.63) is 50.7 Å². The Bertz CT molecular complexity index is 1170. The number of aromatic amines is 1. The van der Waals surface area contributed by atoms with Crippen LogP contribution in [0.25, 0.3) is 6.08 Å². The number of ether oxygens (including phenoxy) is 2. The summed E-state index contributed by atoms with van der Waals surface area (Å²) >= 11 is 0. The first-order valence-electron chi connectivity index (χ1n) is 10.9. The van der Waals surface area contributed by atoms with E-state index >= 15 is 0 Å². The second-order valence-electron chi connectivity index (χ2n) is 7.42. The van der Waals surface area contributed by atoms with Crippen LogP contribution < -0.4 is 26.6 Å². The second kappa shape index (κ2) is 12.3. The molecule has 0 bridgehead atoms. The third-order valence-corrected chi connectivity index (χ3v) is 4.92. The molecule has 2 rings (SSSR count). The van der Waals surface area contributed by atoms with Crippen LogP contribution in [0.5, 0.6) is 11.5 Å². The highest BCUT2D eigenvalue weighted by atomic mass is 16.5. The van der Waals surface area contributed by atoms with Crippen molar-refractivity contribution in [1.82, 2.24) is 9.55 Å². The predicted molar refractivity (Wildman–Crippen MR) is 128 cm³/mol. The summed E-state index contributed by atoms with van der Waals surface area (Å²) in [5.74, 6) is -1.36. The quantitative estimate of drug-likeness (QED) is 0.328. The number of nitrogens with zero attached hydrogens (tertiary/aromatic N) is 2. The summed E-state index contributed by atoms with van der Waals surface area (Å²) in [6.07, 6.45) is 4.45. The minimum Gasteiger partial charge on any atom is -0.504 e. The number of nitrogens with two attached hydrogens (primary N) is 1. The first-order valence-corrected chi connectivity index (χ1v) is 10.9. The second-order valence-corrected chi connectivity index (χ2v) is 7.42. The summed E-state index contributed by atoms with van der Waals surface area (Å²) < 4.78 is 11.3. The van der Waals surface area contributed by atoms with Gasteiger partial charge in [-0.05, 0) is 36.6 Å². The topological polar surface area (TPSA) is 157 Å². The van der Waals surface area contributed by atoms with E-state index in [0.717, 1.165) is 17.4 Å². The molecule has 0 saturated carbocycles. The van der Waals surface area contributed by atoms with Gasteiger partial charge in [0.1, 0.15) is 5.82 Å². The Morgan fingerprint density at radius 3 is 2.62 bits per heavy atom. The van der Waals surface area contributed by atoms with Crippen molar-refractivity contribution in [3.8, 4) is 11.5 Å². The van der Waals surface area contributed by atoms with E-state index < -0.39 is 29.7 Å². The SMILES string of the molecule is CCCCN(C(=O)COC(=O)/C=C/c1ccc(O)c(OC)c1)c1c(N)n(CCC)c(=O)[nH]c1=O. The van der Waals surface area contributed by atoms with Crippen molar-refractivity contribution in [2.75, 3.05) is 30.9 Å². The van der Waals surface area contributed by atoms with Crippen LogP contribution in [-0.2, 0) is 20.9 Å². The van der Waals surface area contributed by atoms with Gasteiger partial charge in [-0.1, -0.05) is 26.3 Å². The molecule has 0 unspecified atom stereocenters. The fourth-order valence-corrected chi connectivity index (χ4v) is 3.18. The third-order valence-electron chi connectivity index (χ3n) is 4.92. The van der Waals surface area contributed by atoms with E-state index in [0.29, 0.717) is 18.4 Å². The van der Waals surface area contributed by atoms with Gasteiger partial charge in [0.15, 0.2) is 23.8 Å². The number of benzene rings is 1. The Labute approximate surface area is 196 Å². The molecule has 0 spiro atoms. The van der Waals surface area contributed by atoms with Crippen LogP contribution in [0.2, 0.25) is 0 Å². The van der Waals surface area contributed by atoms with Gasteiger partial charge in [0.05, 0.1) is 7.11 Å². The van der Waals surface area contributed by atoms with Crippen LogP contribution in [0.4, 0.5) is 11.5 Å². The van der Waals surface area contributed by atoms with Gasteiger partial charge in [0.25, 0.3) is 11.5 Å². The number of esters is 1. The van der Waals surface area contributed by atoms with Crippen LogP contribution in [0.1, 0.15) is 38.7 Å². The summed E-state index contributed by atoms with van der Waals surface area (Å²) in [6.45, 7) is 3.56. The molecule has 0 aliphatic carbocycles. The predicted octanol–water partition coefficient (Wildman–Crippen LogP) is 1.63. The van der Waals surface area contributed by atoms with Gasteiger partial charge in [-0.2, -0.15) is 0 Å². The number of carbonyl (C=O) groups excluding carboxylic acids is 2. The van der Waals surface area contributed by atoms with Gasteiger partial charge in [0.2, 0.25) is 0 Å². The highest BCUT2D eigenvalue weighted by molar-refractivity contribution is 5.98. The summed E-state index contributed by atoms with van der Waals surface area (Å²) in [5, 5.41) is 9.63. The van der Waals surface area contributed by atoms with Gasteiger partial charge in [-0.15, -0.1) is 0 Å². The van der Waals surface area contributed by atoms with E-state index in [4.69, 9.17) is 15.2 Å². The highest BCUT2D eigenvalue weighted by Crippen LogP contribution is 2.26. The number of methoxy groups -OCH3 is 1. The van der Waals surface area contributed by atoms with E-state index in [2.05, 4.69) is 4.98 Å².